The Hall–Kier alpha value is -1.77. The van der Waals surface area contributed by atoms with Crippen LogP contribution in [0, 0.1) is 0 Å². The molecule has 0 aromatic heterocycles. The molecule has 1 aromatic carbocycles. The van der Waals surface area contributed by atoms with Gasteiger partial charge in [-0.05, 0) is 25.5 Å². The van der Waals surface area contributed by atoms with Crippen LogP contribution in [0.25, 0.3) is 6.08 Å². The van der Waals surface area contributed by atoms with Crippen molar-refractivity contribution in [3.63, 3.8) is 0 Å². The first kappa shape index (κ1) is 13.3. The van der Waals surface area contributed by atoms with Gasteiger partial charge in [0.1, 0.15) is 5.75 Å². The topological polar surface area (TPSA) is 35.5 Å². The third-order valence-corrected chi connectivity index (χ3v) is 2.07. The second-order valence-corrected chi connectivity index (χ2v) is 3.47. The zero-order chi connectivity index (χ0) is 12.5. The molecule has 0 N–H and O–H groups in total. The van der Waals surface area contributed by atoms with Gasteiger partial charge in [-0.2, -0.15) is 0 Å². The van der Waals surface area contributed by atoms with E-state index in [1.807, 2.05) is 24.3 Å². The number of para-hydroxylation sites is 1. The maximum atomic E-state index is 11.2. The highest BCUT2D eigenvalue weighted by molar-refractivity contribution is 5.87. The van der Waals surface area contributed by atoms with Crippen molar-refractivity contribution in [2.24, 2.45) is 0 Å². The molecule has 0 radical (unpaired) electrons. The van der Waals surface area contributed by atoms with Gasteiger partial charge in [0.25, 0.3) is 0 Å². The molecule has 0 atom stereocenters. The fraction of sp³-hybridized carbons (Fsp3) is 0.357. The zero-order valence-electron chi connectivity index (χ0n) is 10.3. The lowest BCUT2D eigenvalue weighted by atomic mass is 10.2. The number of hydrogen-bond donors (Lipinski definition) is 0. The van der Waals surface area contributed by atoms with Crippen molar-refractivity contribution >= 4 is 12.0 Å². The largest absolute Gasteiger partial charge is 0.493 e. The normalized spacial score (nSPS) is 10.5. The summed E-state index contributed by atoms with van der Waals surface area (Å²) in [4.78, 5) is 11.2. The van der Waals surface area contributed by atoms with Crippen molar-refractivity contribution in [1.29, 1.82) is 0 Å². The minimum absolute atomic E-state index is 0.335. The van der Waals surface area contributed by atoms with Crippen LogP contribution in [0.1, 0.15) is 25.8 Å². The van der Waals surface area contributed by atoms with Gasteiger partial charge in [-0.1, -0.05) is 25.1 Å². The number of hydrogen-bond acceptors (Lipinski definition) is 3. The van der Waals surface area contributed by atoms with E-state index in [0.29, 0.717) is 13.2 Å². The molecule has 0 aliphatic rings. The van der Waals surface area contributed by atoms with Gasteiger partial charge in [-0.3, -0.25) is 0 Å². The molecule has 3 nitrogen and oxygen atoms in total. The van der Waals surface area contributed by atoms with Crippen LogP contribution in [-0.4, -0.2) is 19.2 Å². The van der Waals surface area contributed by atoms with Gasteiger partial charge >= 0.3 is 5.97 Å². The van der Waals surface area contributed by atoms with Crippen molar-refractivity contribution in [2.45, 2.75) is 20.3 Å². The first-order chi connectivity index (χ1) is 8.27. The fourth-order valence-electron chi connectivity index (χ4n) is 1.31. The Balaban J connectivity index is 2.72. The Morgan fingerprint density at radius 3 is 2.76 bits per heavy atom. The van der Waals surface area contributed by atoms with Crippen LogP contribution in [-0.2, 0) is 9.53 Å². The Labute approximate surface area is 102 Å². The number of rotatable bonds is 6. The fourth-order valence-corrected chi connectivity index (χ4v) is 1.31. The molecule has 92 valence electrons. The molecule has 0 bridgehead atoms. The molecular formula is C14H18O3. The summed E-state index contributed by atoms with van der Waals surface area (Å²) in [7, 11) is 0. The number of carbonyl (C=O) groups is 1. The molecule has 0 aliphatic heterocycles. The van der Waals surface area contributed by atoms with E-state index < -0.39 is 0 Å². The van der Waals surface area contributed by atoms with Gasteiger partial charge in [0.2, 0.25) is 0 Å². The van der Waals surface area contributed by atoms with Crippen LogP contribution in [0.2, 0.25) is 0 Å². The van der Waals surface area contributed by atoms with Gasteiger partial charge < -0.3 is 9.47 Å². The third-order valence-electron chi connectivity index (χ3n) is 2.07. The second kappa shape index (κ2) is 7.49. The molecule has 1 rings (SSSR count). The van der Waals surface area contributed by atoms with Crippen LogP contribution in [0.5, 0.6) is 5.75 Å². The number of carbonyl (C=O) groups excluding carboxylic acids is 1. The molecule has 0 fully saturated rings. The molecule has 0 spiro atoms. The number of esters is 1. The van der Waals surface area contributed by atoms with Crippen LogP contribution in [0.4, 0.5) is 0 Å². The molecule has 0 aliphatic carbocycles. The van der Waals surface area contributed by atoms with E-state index >= 15 is 0 Å². The summed E-state index contributed by atoms with van der Waals surface area (Å²) < 4.78 is 10.4. The molecular weight excluding hydrogens is 216 g/mol. The molecule has 17 heavy (non-hydrogen) atoms. The summed E-state index contributed by atoms with van der Waals surface area (Å²) in [5, 5.41) is 0. The second-order valence-electron chi connectivity index (χ2n) is 3.47. The van der Waals surface area contributed by atoms with Crippen LogP contribution >= 0.6 is 0 Å². The SMILES string of the molecule is CCCOc1ccccc1/C=C/C(=O)OCC. The molecule has 0 saturated heterocycles. The number of benzene rings is 1. The molecule has 0 unspecified atom stereocenters. The van der Waals surface area contributed by atoms with Gasteiger partial charge in [-0.25, -0.2) is 4.79 Å². The van der Waals surface area contributed by atoms with Crippen molar-refractivity contribution < 1.29 is 14.3 Å². The zero-order valence-corrected chi connectivity index (χ0v) is 10.3. The third kappa shape index (κ3) is 4.72. The highest BCUT2D eigenvalue weighted by Gasteiger charge is 2.00. The quantitative estimate of drug-likeness (QED) is 0.560. The van der Waals surface area contributed by atoms with E-state index in [0.717, 1.165) is 17.7 Å². The summed E-state index contributed by atoms with van der Waals surface area (Å²) >= 11 is 0. The minimum atomic E-state index is -0.335. The smallest absolute Gasteiger partial charge is 0.330 e. The Kier molecular flexibility index (Phi) is 5.86. The molecule has 0 amide bonds. The number of ether oxygens (including phenoxy) is 2. The lowest BCUT2D eigenvalue weighted by Crippen LogP contribution is -1.99. The predicted molar refractivity (Wildman–Crippen MR) is 67.9 cm³/mol. The molecule has 0 saturated carbocycles. The van der Waals surface area contributed by atoms with E-state index in [2.05, 4.69) is 6.92 Å². The lowest BCUT2D eigenvalue weighted by Gasteiger charge is -2.07. The van der Waals surface area contributed by atoms with Crippen LogP contribution < -0.4 is 4.74 Å². The van der Waals surface area contributed by atoms with Crippen LogP contribution in [0.3, 0.4) is 0 Å². The molecule has 1 aromatic rings. The Bertz CT molecular complexity index is 383. The van der Waals surface area contributed by atoms with Crippen LogP contribution in [0.15, 0.2) is 30.3 Å². The maximum absolute atomic E-state index is 11.2. The van der Waals surface area contributed by atoms with Crippen molar-refractivity contribution in [2.75, 3.05) is 13.2 Å². The standard InChI is InChI=1S/C14H18O3/c1-3-11-17-13-8-6-5-7-12(13)9-10-14(15)16-4-2/h5-10H,3-4,11H2,1-2H3/b10-9+. The van der Waals surface area contributed by atoms with Crippen molar-refractivity contribution in [3.05, 3.63) is 35.9 Å². The van der Waals surface area contributed by atoms with Gasteiger partial charge in [-0.15, -0.1) is 0 Å². The van der Waals surface area contributed by atoms with Gasteiger partial charge in [0.05, 0.1) is 13.2 Å². The highest BCUT2D eigenvalue weighted by Crippen LogP contribution is 2.19. The predicted octanol–water partition coefficient (Wildman–Crippen LogP) is 3.05. The lowest BCUT2D eigenvalue weighted by molar-refractivity contribution is -0.137. The van der Waals surface area contributed by atoms with Crippen molar-refractivity contribution in [3.8, 4) is 5.75 Å². The van der Waals surface area contributed by atoms with E-state index in [4.69, 9.17) is 9.47 Å². The summed E-state index contributed by atoms with van der Waals surface area (Å²) in [6, 6.07) is 7.61. The first-order valence-corrected chi connectivity index (χ1v) is 5.84. The highest BCUT2D eigenvalue weighted by atomic mass is 16.5. The van der Waals surface area contributed by atoms with Gasteiger partial charge in [0, 0.05) is 11.6 Å². The average Bonchev–Trinajstić information content (AvgIpc) is 2.35. The van der Waals surface area contributed by atoms with Gasteiger partial charge in [0.15, 0.2) is 0 Å². The first-order valence-electron chi connectivity index (χ1n) is 5.84. The van der Waals surface area contributed by atoms with E-state index in [-0.39, 0.29) is 5.97 Å². The molecule has 3 heteroatoms. The summed E-state index contributed by atoms with van der Waals surface area (Å²) in [6.07, 6.45) is 4.08. The Morgan fingerprint density at radius 2 is 2.06 bits per heavy atom. The average molecular weight is 234 g/mol. The van der Waals surface area contributed by atoms with E-state index in [9.17, 15) is 4.79 Å². The minimum Gasteiger partial charge on any atom is -0.493 e. The van der Waals surface area contributed by atoms with E-state index in [1.165, 1.54) is 6.08 Å². The van der Waals surface area contributed by atoms with E-state index in [1.54, 1.807) is 13.0 Å². The Morgan fingerprint density at radius 1 is 1.29 bits per heavy atom. The maximum Gasteiger partial charge on any atom is 0.330 e. The summed E-state index contributed by atoms with van der Waals surface area (Å²) in [5.74, 6) is 0.452. The van der Waals surface area contributed by atoms with Crippen molar-refractivity contribution in [1.82, 2.24) is 0 Å². The summed E-state index contributed by atoms with van der Waals surface area (Å²) in [5.41, 5.74) is 0.883. The summed E-state index contributed by atoms with van der Waals surface area (Å²) in [6.45, 7) is 4.89. The monoisotopic (exact) mass is 234 g/mol. The molecule has 0 heterocycles.